The van der Waals surface area contributed by atoms with Gasteiger partial charge in [0.25, 0.3) is 0 Å². The maximum absolute atomic E-state index is 10.9. The van der Waals surface area contributed by atoms with Crippen molar-refractivity contribution in [2.75, 3.05) is 26.3 Å². The molecule has 4 heteroatoms. The number of ether oxygens (including phenoxy) is 1. The minimum atomic E-state index is -0.275. The summed E-state index contributed by atoms with van der Waals surface area (Å²) in [5, 5.41) is 0. The Morgan fingerprint density at radius 3 is 3.08 bits per heavy atom. The van der Waals surface area contributed by atoms with Gasteiger partial charge in [-0.25, -0.2) is 0 Å². The van der Waals surface area contributed by atoms with Crippen LogP contribution in [0.25, 0.3) is 0 Å². The molecule has 1 amide bonds. The molecule has 1 heterocycles. The SMILES string of the molecule is CCCN1CCOCC1C(N)=O. The highest BCUT2D eigenvalue weighted by atomic mass is 16.5. The molecule has 12 heavy (non-hydrogen) atoms. The van der Waals surface area contributed by atoms with Crippen LogP contribution in [0.4, 0.5) is 0 Å². The molecule has 0 saturated carbocycles. The van der Waals surface area contributed by atoms with E-state index in [1.54, 1.807) is 0 Å². The number of nitrogens with zero attached hydrogens (tertiary/aromatic N) is 1. The molecule has 0 bridgehead atoms. The van der Waals surface area contributed by atoms with E-state index in [2.05, 4.69) is 11.8 Å². The molecule has 1 aliphatic rings. The van der Waals surface area contributed by atoms with Crippen molar-refractivity contribution in [2.45, 2.75) is 19.4 Å². The van der Waals surface area contributed by atoms with Gasteiger partial charge in [-0.3, -0.25) is 9.69 Å². The maximum Gasteiger partial charge on any atom is 0.237 e. The quantitative estimate of drug-likeness (QED) is 0.629. The minimum Gasteiger partial charge on any atom is -0.378 e. The first kappa shape index (κ1) is 9.48. The lowest BCUT2D eigenvalue weighted by molar-refractivity contribution is -0.129. The van der Waals surface area contributed by atoms with Gasteiger partial charge in [0.05, 0.1) is 13.2 Å². The molecule has 1 rings (SSSR count). The smallest absolute Gasteiger partial charge is 0.237 e. The summed E-state index contributed by atoms with van der Waals surface area (Å²) >= 11 is 0. The third-order valence-electron chi connectivity index (χ3n) is 2.08. The molecule has 2 N–H and O–H groups in total. The average Bonchev–Trinajstić information content (AvgIpc) is 2.05. The van der Waals surface area contributed by atoms with E-state index in [4.69, 9.17) is 10.5 Å². The van der Waals surface area contributed by atoms with E-state index >= 15 is 0 Å². The summed E-state index contributed by atoms with van der Waals surface area (Å²) in [6.45, 7) is 5.01. The van der Waals surface area contributed by atoms with E-state index in [9.17, 15) is 4.79 Å². The van der Waals surface area contributed by atoms with Crippen molar-refractivity contribution in [3.63, 3.8) is 0 Å². The van der Waals surface area contributed by atoms with Crippen molar-refractivity contribution >= 4 is 5.91 Å². The molecule has 0 aromatic heterocycles. The molecule has 1 aliphatic heterocycles. The van der Waals surface area contributed by atoms with Crippen molar-refractivity contribution in [1.29, 1.82) is 0 Å². The fraction of sp³-hybridized carbons (Fsp3) is 0.875. The standard InChI is InChI=1S/C8H16N2O2/c1-2-3-10-4-5-12-6-7(10)8(9)11/h7H,2-6H2,1H3,(H2,9,11). The lowest BCUT2D eigenvalue weighted by Crippen LogP contribution is -2.52. The molecule has 0 aromatic carbocycles. The van der Waals surface area contributed by atoms with Crippen LogP contribution in [-0.2, 0) is 9.53 Å². The molecule has 4 nitrogen and oxygen atoms in total. The van der Waals surface area contributed by atoms with E-state index < -0.39 is 0 Å². The number of hydrogen-bond acceptors (Lipinski definition) is 3. The van der Waals surface area contributed by atoms with Crippen LogP contribution in [0, 0.1) is 0 Å². The zero-order valence-electron chi connectivity index (χ0n) is 7.45. The summed E-state index contributed by atoms with van der Waals surface area (Å²) in [5.74, 6) is -0.275. The number of nitrogens with two attached hydrogens (primary N) is 1. The number of carbonyl (C=O) groups excluding carboxylic acids is 1. The topological polar surface area (TPSA) is 55.6 Å². The van der Waals surface area contributed by atoms with Crippen molar-refractivity contribution in [1.82, 2.24) is 4.90 Å². The van der Waals surface area contributed by atoms with Crippen LogP contribution in [0.5, 0.6) is 0 Å². The van der Waals surface area contributed by atoms with Gasteiger partial charge in [-0.05, 0) is 13.0 Å². The highest BCUT2D eigenvalue weighted by Gasteiger charge is 2.26. The first-order valence-electron chi connectivity index (χ1n) is 4.36. The Kier molecular flexibility index (Phi) is 3.49. The lowest BCUT2D eigenvalue weighted by Gasteiger charge is -2.32. The van der Waals surface area contributed by atoms with E-state index in [1.807, 2.05) is 0 Å². The van der Waals surface area contributed by atoms with Gasteiger partial charge in [0.2, 0.25) is 5.91 Å². The Balaban J connectivity index is 2.48. The van der Waals surface area contributed by atoms with Crippen LogP contribution < -0.4 is 5.73 Å². The predicted molar refractivity (Wildman–Crippen MR) is 45.7 cm³/mol. The zero-order valence-corrected chi connectivity index (χ0v) is 7.45. The second-order valence-corrected chi connectivity index (χ2v) is 3.03. The number of morpholine rings is 1. The summed E-state index contributed by atoms with van der Waals surface area (Å²) in [5.41, 5.74) is 5.23. The summed E-state index contributed by atoms with van der Waals surface area (Å²) in [6.07, 6.45) is 1.05. The van der Waals surface area contributed by atoms with E-state index in [0.717, 1.165) is 19.5 Å². The Morgan fingerprint density at radius 1 is 1.75 bits per heavy atom. The van der Waals surface area contributed by atoms with Gasteiger partial charge in [0, 0.05) is 6.54 Å². The van der Waals surface area contributed by atoms with Crippen LogP contribution in [-0.4, -0.2) is 43.2 Å². The fourth-order valence-electron chi connectivity index (χ4n) is 1.45. The molecule has 1 saturated heterocycles. The van der Waals surface area contributed by atoms with E-state index in [0.29, 0.717) is 13.2 Å². The molecule has 0 spiro atoms. The summed E-state index contributed by atoms with van der Waals surface area (Å²) in [4.78, 5) is 13.0. The number of rotatable bonds is 3. The molecule has 1 unspecified atom stereocenters. The molecule has 1 atom stereocenters. The first-order valence-corrected chi connectivity index (χ1v) is 4.36. The summed E-state index contributed by atoms with van der Waals surface area (Å²) in [7, 11) is 0. The zero-order chi connectivity index (χ0) is 8.97. The van der Waals surface area contributed by atoms with Crippen LogP contribution in [0.3, 0.4) is 0 Å². The van der Waals surface area contributed by atoms with Gasteiger partial charge < -0.3 is 10.5 Å². The molecular formula is C8H16N2O2. The van der Waals surface area contributed by atoms with Gasteiger partial charge in [0.15, 0.2) is 0 Å². The van der Waals surface area contributed by atoms with E-state index in [1.165, 1.54) is 0 Å². The van der Waals surface area contributed by atoms with Crippen molar-refractivity contribution in [2.24, 2.45) is 5.73 Å². The highest BCUT2D eigenvalue weighted by molar-refractivity contribution is 5.80. The second kappa shape index (κ2) is 4.42. The third kappa shape index (κ3) is 2.19. The average molecular weight is 172 g/mol. The van der Waals surface area contributed by atoms with Gasteiger partial charge >= 0.3 is 0 Å². The maximum atomic E-state index is 10.9. The largest absolute Gasteiger partial charge is 0.378 e. The molecule has 70 valence electrons. The lowest BCUT2D eigenvalue weighted by atomic mass is 10.2. The second-order valence-electron chi connectivity index (χ2n) is 3.03. The Hall–Kier alpha value is -0.610. The van der Waals surface area contributed by atoms with Crippen molar-refractivity contribution in [3.05, 3.63) is 0 Å². The van der Waals surface area contributed by atoms with Crippen LogP contribution in [0.2, 0.25) is 0 Å². The molecule has 0 aromatic rings. The van der Waals surface area contributed by atoms with E-state index in [-0.39, 0.29) is 11.9 Å². The van der Waals surface area contributed by atoms with Crippen molar-refractivity contribution < 1.29 is 9.53 Å². The minimum absolute atomic E-state index is 0.210. The van der Waals surface area contributed by atoms with Crippen LogP contribution in [0.1, 0.15) is 13.3 Å². The number of carbonyl (C=O) groups is 1. The third-order valence-corrected chi connectivity index (χ3v) is 2.08. The Labute approximate surface area is 72.7 Å². The normalized spacial score (nSPS) is 25.6. The molecule has 1 fully saturated rings. The monoisotopic (exact) mass is 172 g/mol. The van der Waals surface area contributed by atoms with Gasteiger partial charge in [-0.1, -0.05) is 6.92 Å². The van der Waals surface area contributed by atoms with Crippen LogP contribution in [0.15, 0.2) is 0 Å². The van der Waals surface area contributed by atoms with Crippen molar-refractivity contribution in [3.8, 4) is 0 Å². The Bertz CT molecular complexity index is 159. The molecule has 0 aliphatic carbocycles. The van der Waals surface area contributed by atoms with Gasteiger partial charge in [0.1, 0.15) is 6.04 Å². The Morgan fingerprint density at radius 2 is 2.50 bits per heavy atom. The number of hydrogen-bond donors (Lipinski definition) is 1. The number of primary amides is 1. The molecule has 0 radical (unpaired) electrons. The van der Waals surface area contributed by atoms with Gasteiger partial charge in [-0.15, -0.1) is 0 Å². The molecular weight excluding hydrogens is 156 g/mol. The predicted octanol–water partition coefficient (Wildman–Crippen LogP) is -0.417. The number of amides is 1. The summed E-state index contributed by atoms with van der Waals surface area (Å²) in [6, 6.07) is -0.210. The fourth-order valence-corrected chi connectivity index (χ4v) is 1.45. The van der Waals surface area contributed by atoms with Crippen LogP contribution >= 0.6 is 0 Å². The first-order chi connectivity index (χ1) is 5.75. The summed E-state index contributed by atoms with van der Waals surface area (Å²) < 4.78 is 5.18. The highest BCUT2D eigenvalue weighted by Crippen LogP contribution is 2.06. The van der Waals surface area contributed by atoms with Gasteiger partial charge in [-0.2, -0.15) is 0 Å².